The molecule has 2 aromatic carbocycles. The summed E-state index contributed by atoms with van der Waals surface area (Å²) in [5.41, 5.74) is 4.14. The number of para-hydroxylation sites is 1. The minimum absolute atomic E-state index is 0.0972. The fourth-order valence-corrected chi connectivity index (χ4v) is 3.42. The van der Waals surface area contributed by atoms with Gasteiger partial charge in [0, 0.05) is 25.0 Å². The average molecular weight is 343 g/mol. The number of amides is 1. The lowest BCUT2D eigenvalue weighted by atomic mass is 10.0. The number of fused-ring (bicyclic) bond motifs is 1. The molecular formula is C22H21N3O. The number of rotatable bonds is 4. The molecule has 0 radical (unpaired) electrons. The van der Waals surface area contributed by atoms with Crippen LogP contribution in [0.4, 0.5) is 11.5 Å². The van der Waals surface area contributed by atoms with Crippen molar-refractivity contribution in [1.82, 2.24) is 10.3 Å². The van der Waals surface area contributed by atoms with Crippen molar-refractivity contribution in [1.29, 1.82) is 0 Å². The van der Waals surface area contributed by atoms with Gasteiger partial charge in [-0.25, -0.2) is 4.98 Å². The molecule has 3 aromatic rings. The third-order valence-electron chi connectivity index (χ3n) is 4.69. The second-order valence-electron chi connectivity index (χ2n) is 6.43. The predicted molar refractivity (Wildman–Crippen MR) is 104 cm³/mol. The minimum Gasteiger partial charge on any atom is -0.348 e. The van der Waals surface area contributed by atoms with E-state index >= 15 is 0 Å². The Labute approximate surface area is 153 Å². The quantitative estimate of drug-likeness (QED) is 0.776. The highest BCUT2D eigenvalue weighted by atomic mass is 16.1. The first-order valence-corrected chi connectivity index (χ1v) is 8.95. The highest BCUT2D eigenvalue weighted by Gasteiger charge is 2.23. The molecule has 4 nitrogen and oxygen atoms in total. The molecule has 1 aromatic heterocycles. The van der Waals surface area contributed by atoms with Crippen molar-refractivity contribution in [2.24, 2.45) is 0 Å². The maximum Gasteiger partial charge on any atom is 0.255 e. The van der Waals surface area contributed by atoms with Gasteiger partial charge in [0.15, 0.2) is 0 Å². The van der Waals surface area contributed by atoms with Crippen molar-refractivity contribution in [3.8, 4) is 0 Å². The van der Waals surface area contributed by atoms with Crippen molar-refractivity contribution in [2.45, 2.75) is 19.4 Å². The largest absolute Gasteiger partial charge is 0.348 e. The van der Waals surface area contributed by atoms with Gasteiger partial charge in [0.25, 0.3) is 5.91 Å². The van der Waals surface area contributed by atoms with E-state index in [0.717, 1.165) is 36.5 Å². The summed E-state index contributed by atoms with van der Waals surface area (Å²) in [7, 11) is 0. The van der Waals surface area contributed by atoms with Crippen LogP contribution in [0.3, 0.4) is 0 Å². The average Bonchev–Trinajstić information content (AvgIpc) is 2.72. The highest BCUT2D eigenvalue weighted by Crippen LogP contribution is 2.33. The molecule has 4 heteroatoms. The standard InChI is InChI=1S/C22H21N3O/c26-22(24-16-17-8-2-1-3-9-17)19-12-6-14-23-21(19)25-15-7-11-18-10-4-5-13-20(18)25/h1-6,8-10,12-14H,7,11,15-16H2,(H,24,26). The van der Waals surface area contributed by atoms with Crippen LogP contribution in [0.25, 0.3) is 0 Å². The van der Waals surface area contributed by atoms with E-state index in [1.165, 1.54) is 5.56 Å². The van der Waals surface area contributed by atoms with Gasteiger partial charge in [-0.05, 0) is 42.2 Å². The summed E-state index contributed by atoms with van der Waals surface area (Å²) in [6, 6.07) is 22.0. The maximum atomic E-state index is 12.8. The third-order valence-corrected chi connectivity index (χ3v) is 4.69. The van der Waals surface area contributed by atoms with Crippen LogP contribution < -0.4 is 10.2 Å². The van der Waals surface area contributed by atoms with E-state index in [9.17, 15) is 4.79 Å². The molecule has 0 unspecified atom stereocenters. The predicted octanol–water partition coefficient (Wildman–Crippen LogP) is 4.10. The number of carbonyl (C=O) groups excluding carboxylic acids is 1. The Hall–Kier alpha value is -3.14. The van der Waals surface area contributed by atoms with Gasteiger partial charge < -0.3 is 10.2 Å². The molecule has 4 rings (SSSR count). The van der Waals surface area contributed by atoms with Crippen molar-refractivity contribution < 1.29 is 4.79 Å². The number of hydrogen-bond donors (Lipinski definition) is 1. The minimum atomic E-state index is -0.0972. The summed E-state index contributed by atoms with van der Waals surface area (Å²) in [6.07, 6.45) is 3.87. The van der Waals surface area contributed by atoms with Crippen molar-refractivity contribution in [3.05, 3.63) is 89.6 Å². The van der Waals surface area contributed by atoms with E-state index in [2.05, 4.69) is 33.4 Å². The lowest BCUT2D eigenvalue weighted by Gasteiger charge is -2.31. The van der Waals surface area contributed by atoms with Crippen LogP contribution in [0, 0.1) is 0 Å². The Kier molecular flexibility index (Phi) is 4.65. The Bertz CT molecular complexity index is 908. The molecule has 26 heavy (non-hydrogen) atoms. The summed E-state index contributed by atoms with van der Waals surface area (Å²) >= 11 is 0. The van der Waals surface area contributed by atoms with Crippen LogP contribution >= 0.6 is 0 Å². The molecule has 0 bridgehead atoms. The van der Waals surface area contributed by atoms with Crippen LogP contribution in [0.2, 0.25) is 0 Å². The van der Waals surface area contributed by atoms with Crippen LogP contribution in [0.5, 0.6) is 0 Å². The van der Waals surface area contributed by atoms with Gasteiger partial charge in [-0.15, -0.1) is 0 Å². The first-order chi connectivity index (χ1) is 12.8. The number of aryl methyl sites for hydroxylation is 1. The Balaban J connectivity index is 1.60. The van der Waals surface area contributed by atoms with Crippen molar-refractivity contribution in [2.75, 3.05) is 11.4 Å². The Morgan fingerprint density at radius 1 is 1.00 bits per heavy atom. The molecule has 0 aliphatic carbocycles. The lowest BCUT2D eigenvalue weighted by Crippen LogP contribution is -2.30. The summed E-state index contributed by atoms with van der Waals surface area (Å²) < 4.78 is 0. The van der Waals surface area contributed by atoms with Crippen molar-refractivity contribution >= 4 is 17.4 Å². The summed E-state index contributed by atoms with van der Waals surface area (Å²) in [6.45, 7) is 1.37. The van der Waals surface area contributed by atoms with Gasteiger partial charge in [-0.1, -0.05) is 48.5 Å². The zero-order valence-corrected chi connectivity index (χ0v) is 14.6. The van der Waals surface area contributed by atoms with E-state index in [1.807, 2.05) is 48.5 Å². The molecule has 1 aliphatic heterocycles. The second kappa shape index (κ2) is 7.40. The SMILES string of the molecule is O=C(NCc1ccccc1)c1cccnc1N1CCCc2ccccc21. The van der Waals surface area contributed by atoms with E-state index in [1.54, 1.807) is 6.20 Å². The molecule has 0 saturated carbocycles. The third kappa shape index (κ3) is 3.31. The number of carbonyl (C=O) groups is 1. The number of pyridine rings is 1. The normalized spacial score (nSPS) is 13.2. The van der Waals surface area contributed by atoms with E-state index in [-0.39, 0.29) is 5.91 Å². The monoisotopic (exact) mass is 343 g/mol. The van der Waals surface area contributed by atoms with Crippen LogP contribution in [-0.2, 0) is 13.0 Å². The molecule has 1 N–H and O–H groups in total. The van der Waals surface area contributed by atoms with Gasteiger partial charge in [0.2, 0.25) is 0 Å². The van der Waals surface area contributed by atoms with E-state index in [0.29, 0.717) is 12.1 Å². The number of hydrogen-bond acceptors (Lipinski definition) is 3. The smallest absolute Gasteiger partial charge is 0.255 e. The second-order valence-corrected chi connectivity index (χ2v) is 6.43. The van der Waals surface area contributed by atoms with Gasteiger partial charge >= 0.3 is 0 Å². The molecule has 2 heterocycles. The molecule has 1 amide bonds. The molecule has 0 spiro atoms. The zero-order chi connectivity index (χ0) is 17.8. The Morgan fingerprint density at radius 2 is 1.81 bits per heavy atom. The van der Waals surface area contributed by atoms with E-state index in [4.69, 9.17) is 0 Å². The summed E-state index contributed by atoms with van der Waals surface area (Å²) in [5.74, 6) is 0.630. The Morgan fingerprint density at radius 3 is 2.69 bits per heavy atom. The number of nitrogens with zero attached hydrogens (tertiary/aromatic N) is 2. The zero-order valence-electron chi connectivity index (χ0n) is 14.6. The molecule has 1 aliphatic rings. The van der Waals surface area contributed by atoms with E-state index < -0.39 is 0 Å². The molecule has 130 valence electrons. The summed E-state index contributed by atoms with van der Waals surface area (Å²) in [4.78, 5) is 19.5. The molecule has 0 saturated heterocycles. The van der Waals surface area contributed by atoms with Gasteiger partial charge in [0.05, 0.1) is 5.56 Å². The number of aromatic nitrogens is 1. The topological polar surface area (TPSA) is 45.2 Å². The number of anilines is 2. The first-order valence-electron chi connectivity index (χ1n) is 8.95. The molecule has 0 fully saturated rings. The maximum absolute atomic E-state index is 12.8. The van der Waals surface area contributed by atoms with Crippen LogP contribution in [-0.4, -0.2) is 17.4 Å². The lowest BCUT2D eigenvalue weighted by molar-refractivity contribution is 0.0951. The van der Waals surface area contributed by atoms with Gasteiger partial charge in [-0.2, -0.15) is 0 Å². The number of benzene rings is 2. The first kappa shape index (κ1) is 16.3. The summed E-state index contributed by atoms with van der Waals surface area (Å²) in [5, 5.41) is 3.01. The van der Waals surface area contributed by atoms with Gasteiger partial charge in [0.1, 0.15) is 5.82 Å². The van der Waals surface area contributed by atoms with Gasteiger partial charge in [-0.3, -0.25) is 4.79 Å². The van der Waals surface area contributed by atoms with Crippen LogP contribution in [0.15, 0.2) is 72.9 Å². The number of nitrogens with one attached hydrogen (secondary N) is 1. The fourth-order valence-electron chi connectivity index (χ4n) is 3.42. The van der Waals surface area contributed by atoms with Crippen molar-refractivity contribution in [3.63, 3.8) is 0 Å². The van der Waals surface area contributed by atoms with Crippen LogP contribution in [0.1, 0.15) is 27.9 Å². The highest BCUT2D eigenvalue weighted by molar-refractivity contribution is 5.99. The molecular weight excluding hydrogens is 322 g/mol. The fraction of sp³-hybridized carbons (Fsp3) is 0.182. The molecule has 0 atom stereocenters.